The van der Waals surface area contributed by atoms with Gasteiger partial charge in [-0.25, -0.2) is 0 Å². The molecule has 27 heavy (non-hydrogen) atoms. The van der Waals surface area contributed by atoms with Crippen molar-refractivity contribution in [1.29, 1.82) is 0 Å². The minimum atomic E-state index is -0.159. The maximum Gasteiger partial charge on any atom is 0.165 e. The van der Waals surface area contributed by atoms with E-state index in [0.29, 0.717) is 0 Å². The van der Waals surface area contributed by atoms with Crippen LogP contribution in [0.4, 0.5) is 0 Å². The molecule has 2 aliphatic heterocycles. The summed E-state index contributed by atoms with van der Waals surface area (Å²) >= 11 is 0. The van der Waals surface area contributed by atoms with Crippen molar-refractivity contribution in [3.63, 3.8) is 0 Å². The molecule has 2 heteroatoms. The van der Waals surface area contributed by atoms with Gasteiger partial charge in [-0.3, -0.25) is 0 Å². The molecule has 2 aliphatic rings. The Morgan fingerprint density at radius 3 is 1.56 bits per heavy atom. The Kier molecular flexibility index (Phi) is 4.31. The third-order valence-electron chi connectivity index (χ3n) is 6.00. The summed E-state index contributed by atoms with van der Waals surface area (Å²) in [6.45, 7) is 0. The Morgan fingerprint density at radius 2 is 1.07 bits per heavy atom. The van der Waals surface area contributed by atoms with E-state index in [0.717, 1.165) is 19.3 Å². The van der Waals surface area contributed by atoms with E-state index >= 15 is 0 Å². The summed E-state index contributed by atoms with van der Waals surface area (Å²) in [5, 5.41) is 0. The predicted octanol–water partition coefficient (Wildman–Crippen LogP) is 5.86. The summed E-state index contributed by atoms with van der Waals surface area (Å²) < 4.78 is 13.0. The van der Waals surface area contributed by atoms with E-state index < -0.39 is 0 Å². The SMILES string of the molecule is c1ccc(CC23C[C@H](c4ccccc4)OC2O[C@@H](c2ccccc2)C3)cc1. The lowest BCUT2D eigenvalue weighted by molar-refractivity contribution is -0.153. The Hall–Kier alpha value is -2.42. The molecule has 0 spiro atoms. The van der Waals surface area contributed by atoms with E-state index in [9.17, 15) is 0 Å². The van der Waals surface area contributed by atoms with Crippen LogP contribution in [0.3, 0.4) is 0 Å². The van der Waals surface area contributed by atoms with Gasteiger partial charge in [0.15, 0.2) is 6.29 Å². The van der Waals surface area contributed by atoms with Crippen molar-refractivity contribution in [3.05, 3.63) is 108 Å². The molecule has 2 fully saturated rings. The molecule has 2 atom stereocenters. The highest BCUT2D eigenvalue weighted by Crippen LogP contribution is 2.58. The third kappa shape index (κ3) is 3.20. The lowest BCUT2D eigenvalue weighted by Crippen LogP contribution is -2.28. The van der Waals surface area contributed by atoms with E-state index in [1.165, 1.54) is 16.7 Å². The van der Waals surface area contributed by atoms with Gasteiger partial charge in [-0.2, -0.15) is 0 Å². The van der Waals surface area contributed by atoms with Gasteiger partial charge in [-0.1, -0.05) is 91.0 Å². The molecule has 2 heterocycles. The van der Waals surface area contributed by atoms with Crippen LogP contribution in [0.1, 0.15) is 41.7 Å². The summed E-state index contributed by atoms with van der Waals surface area (Å²) in [4.78, 5) is 0. The Balaban J connectivity index is 1.45. The van der Waals surface area contributed by atoms with Gasteiger partial charge in [0.05, 0.1) is 12.2 Å². The summed E-state index contributed by atoms with van der Waals surface area (Å²) in [5.41, 5.74) is 3.87. The van der Waals surface area contributed by atoms with Crippen LogP contribution >= 0.6 is 0 Å². The largest absolute Gasteiger partial charge is 0.344 e. The molecule has 0 amide bonds. The highest BCUT2D eigenvalue weighted by molar-refractivity contribution is 5.25. The zero-order valence-electron chi connectivity index (χ0n) is 15.3. The highest BCUT2D eigenvalue weighted by Gasteiger charge is 2.56. The molecule has 2 nitrogen and oxygen atoms in total. The molecule has 0 radical (unpaired) electrons. The monoisotopic (exact) mass is 356 g/mol. The van der Waals surface area contributed by atoms with Crippen LogP contribution in [0, 0.1) is 5.41 Å². The van der Waals surface area contributed by atoms with Gasteiger partial charge in [0.1, 0.15) is 0 Å². The Morgan fingerprint density at radius 1 is 0.630 bits per heavy atom. The second kappa shape index (κ2) is 6.95. The van der Waals surface area contributed by atoms with Crippen molar-refractivity contribution < 1.29 is 9.47 Å². The molecular formula is C25H24O2. The second-order valence-electron chi connectivity index (χ2n) is 7.84. The molecule has 0 N–H and O–H groups in total. The van der Waals surface area contributed by atoms with E-state index in [2.05, 4.69) is 91.0 Å². The quantitative estimate of drug-likeness (QED) is 0.582. The first kappa shape index (κ1) is 16.7. The topological polar surface area (TPSA) is 18.5 Å². The van der Waals surface area contributed by atoms with Gasteiger partial charge in [-0.05, 0) is 36.0 Å². The minimum absolute atomic E-state index is 0.0162. The van der Waals surface area contributed by atoms with Crippen LogP contribution in [0.25, 0.3) is 0 Å². The van der Waals surface area contributed by atoms with Gasteiger partial charge < -0.3 is 9.47 Å². The normalized spacial score (nSPS) is 29.6. The number of rotatable bonds is 4. The molecule has 136 valence electrons. The fourth-order valence-electron chi connectivity index (χ4n) is 4.69. The maximum atomic E-state index is 6.48. The number of ether oxygens (including phenoxy) is 2. The van der Waals surface area contributed by atoms with Crippen molar-refractivity contribution in [3.8, 4) is 0 Å². The van der Waals surface area contributed by atoms with E-state index in [1.807, 2.05) is 0 Å². The van der Waals surface area contributed by atoms with Crippen LogP contribution in [0.5, 0.6) is 0 Å². The fraction of sp³-hybridized carbons (Fsp3) is 0.280. The van der Waals surface area contributed by atoms with Gasteiger partial charge in [0.2, 0.25) is 0 Å². The first-order valence-corrected chi connectivity index (χ1v) is 9.77. The van der Waals surface area contributed by atoms with Crippen molar-refractivity contribution in [1.82, 2.24) is 0 Å². The van der Waals surface area contributed by atoms with Crippen LogP contribution in [-0.4, -0.2) is 6.29 Å². The lowest BCUT2D eigenvalue weighted by atomic mass is 9.74. The van der Waals surface area contributed by atoms with Crippen LogP contribution < -0.4 is 0 Å². The number of hydrogen-bond donors (Lipinski definition) is 0. The van der Waals surface area contributed by atoms with Crippen LogP contribution in [0.2, 0.25) is 0 Å². The van der Waals surface area contributed by atoms with Crippen molar-refractivity contribution in [2.24, 2.45) is 5.41 Å². The average molecular weight is 356 g/mol. The van der Waals surface area contributed by atoms with E-state index in [4.69, 9.17) is 9.47 Å². The van der Waals surface area contributed by atoms with Crippen LogP contribution in [0.15, 0.2) is 91.0 Å². The maximum absolute atomic E-state index is 6.48. The molecule has 0 saturated carbocycles. The van der Waals surface area contributed by atoms with E-state index in [-0.39, 0.29) is 23.9 Å². The lowest BCUT2D eigenvalue weighted by Gasteiger charge is -2.26. The number of benzene rings is 3. The van der Waals surface area contributed by atoms with Crippen molar-refractivity contribution in [2.45, 2.75) is 37.8 Å². The zero-order chi connectivity index (χ0) is 18.1. The Labute approximate surface area is 160 Å². The molecule has 3 aromatic carbocycles. The highest BCUT2D eigenvalue weighted by atomic mass is 16.7. The minimum Gasteiger partial charge on any atom is -0.344 e. The molecule has 0 bridgehead atoms. The molecule has 2 saturated heterocycles. The predicted molar refractivity (Wildman–Crippen MR) is 106 cm³/mol. The summed E-state index contributed by atoms with van der Waals surface area (Å²) in [5.74, 6) is 0. The molecule has 0 aromatic heterocycles. The molecule has 0 aliphatic carbocycles. The van der Waals surface area contributed by atoms with Crippen molar-refractivity contribution in [2.75, 3.05) is 0 Å². The van der Waals surface area contributed by atoms with E-state index in [1.54, 1.807) is 0 Å². The Bertz CT molecular complexity index is 824. The molecular weight excluding hydrogens is 332 g/mol. The first-order valence-electron chi connectivity index (χ1n) is 9.77. The standard InChI is InChI=1S/C25H24O2/c1-4-10-19(11-5-1)16-25-17-22(20-12-6-2-7-13-20)26-24(25)27-23(18-25)21-14-8-3-9-15-21/h1-15,22-24H,16-18H2/t22-,23-,24?,25?/m1/s1. The summed E-state index contributed by atoms with van der Waals surface area (Å²) in [6, 6.07) is 31.9. The zero-order valence-corrected chi connectivity index (χ0v) is 15.3. The first-order chi connectivity index (χ1) is 13.3. The average Bonchev–Trinajstić information content (AvgIpc) is 3.24. The van der Waals surface area contributed by atoms with Gasteiger partial charge in [0, 0.05) is 5.41 Å². The third-order valence-corrected chi connectivity index (χ3v) is 6.00. The van der Waals surface area contributed by atoms with Crippen LogP contribution in [-0.2, 0) is 15.9 Å². The summed E-state index contributed by atoms with van der Waals surface area (Å²) in [7, 11) is 0. The summed E-state index contributed by atoms with van der Waals surface area (Å²) in [6.07, 6.45) is 3.05. The van der Waals surface area contributed by atoms with Crippen molar-refractivity contribution >= 4 is 0 Å². The number of hydrogen-bond acceptors (Lipinski definition) is 2. The molecule has 5 rings (SSSR count). The van der Waals surface area contributed by atoms with Gasteiger partial charge in [-0.15, -0.1) is 0 Å². The fourth-order valence-corrected chi connectivity index (χ4v) is 4.69. The number of fused-ring (bicyclic) bond motifs is 1. The van der Waals surface area contributed by atoms with Gasteiger partial charge >= 0.3 is 0 Å². The van der Waals surface area contributed by atoms with Gasteiger partial charge in [0.25, 0.3) is 0 Å². The smallest absolute Gasteiger partial charge is 0.165 e. The molecule has 3 aromatic rings. The molecule has 0 unspecified atom stereocenters. The second-order valence-corrected chi connectivity index (χ2v) is 7.84.